The molecule has 1 fully saturated rings. The number of pyridine rings is 1. The van der Waals surface area contributed by atoms with Crippen molar-refractivity contribution in [2.75, 3.05) is 31.1 Å². The minimum Gasteiger partial charge on any atom is -0.354 e. The van der Waals surface area contributed by atoms with Crippen molar-refractivity contribution < 1.29 is 0 Å². The number of aromatic nitrogens is 1. The zero-order chi connectivity index (χ0) is 15.4. The minimum atomic E-state index is 0.613. The number of anilines is 1. The maximum Gasteiger partial charge on any atom is 0.128 e. The van der Waals surface area contributed by atoms with Crippen molar-refractivity contribution in [3.63, 3.8) is 0 Å². The van der Waals surface area contributed by atoms with Crippen molar-refractivity contribution in [2.45, 2.75) is 13.5 Å². The number of hydrogen-bond acceptors (Lipinski definition) is 4. The Morgan fingerprint density at radius 2 is 1.86 bits per heavy atom. The van der Waals surface area contributed by atoms with Crippen molar-refractivity contribution >= 4 is 5.82 Å². The molecule has 1 aromatic carbocycles. The predicted molar refractivity (Wildman–Crippen MR) is 87.6 cm³/mol. The predicted octanol–water partition coefficient (Wildman–Crippen LogP) is 2.58. The van der Waals surface area contributed by atoms with Gasteiger partial charge in [0.15, 0.2) is 0 Å². The van der Waals surface area contributed by atoms with Gasteiger partial charge in [0.1, 0.15) is 11.9 Å². The van der Waals surface area contributed by atoms with E-state index in [0.717, 1.165) is 38.5 Å². The summed E-state index contributed by atoms with van der Waals surface area (Å²) in [5, 5.41) is 8.83. The molecule has 3 rings (SSSR count). The van der Waals surface area contributed by atoms with Crippen molar-refractivity contribution in [3.8, 4) is 6.07 Å². The average molecular weight is 292 g/mol. The van der Waals surface area contributed by atoms with Crippen LogP contribution in [0.25, 0.3) is 0 Å². The number of piperazine rings is 1. The van der Waals surface area contributed by atoms with Crippen molar-refractivity contribution in [1.82, 2.24) is 9.88 Å². The molecule has 1 saturated heterocycles. The second-order valence-corrected chi connectivity index (χ2v) is 5.71. The first-order valence-corrected chi connectivity index (χ1v) is 7.64. The van der Waals surface area contributed by atoms with E-state index in [9.17, 15) is 0 Å². The normalized spacial score (nSPS) is 15.5. The monoisotopic (exact) mass is 292 g/mol. The SMILES string of the molecule is Cc1ccccc1CN1CCN(c2ccc(C#N)cn2)CC1. The molecular formula is C18H20N4. The summed E-state index contributed by atoms with van der Waals surface area (Å²) in [5.41, 5.74) is 3.38. The van der Waals surface area contributed by atoms with Gasteiger partial charge in [-0.15, -0.1) is 0 Å². The van der Waals surface area contributed by atoms with Gasteiger partial charge in [0.2, 0.25) is 0 Å². The van der Waals surface area contributed by atoms with E-state index in [-0.39, 0.29) is 0 Å². The molecule has 0 unspecified atom stereocenters. The third-order valence-corrected chi connectivity index (χ3v) is 4.23. The lowest BCUT2D eigenvalue weighted by Crippen LogP contribution is -2.46. The Morgan fingerprint density at radius 3 is 2.50 bits per heavy atom. The molecule has 22 heavy (non-hydrogen) atoms. The lowest BCUT2D eigenvalue weighted by molar-refractivity contribution is 0.249. The fourth-order valence-electron chi connectivity index (χ4n) is 2.80. The molecule has 0 bridgehead atoms. The summed E-state index contributed by atoms with van der Waals surface area (Å²) in [5.74, 6) is 0.967. The maximum absolute atomic E-state index is 8.83. The van der Waals surface area contributed by atoms with Crippen LogP contribution in [0.3, 0.4) is 0 Å². The summed E-state index contributed by atoms with van der Waals surface area (Å²) >= 11 is 0. The van der Waals surface area contributed by atoms with Crippen LogP contribution < -0.4 is 4.90 Å². The number of benzene rings is 1. The molecule has 2 heterocycles. The van der Waals surface area contributed by atoms with Crippen LogP contribution in [-0.2, 0) is 6.54 Å². The lowest BCUT2D eigenvalue weighted by Gasteiger charge is -2.35. The van der Waals surface area contributed by atoms with Crippen LogP contribution in [-0.4, -0.2) is 36.1 Å². The minimum absolute atomic E-state index is 0.613. The Bertz CT molecular complexity index is 664. The summed E-state index contributed by atoms with van der Waals surface area (Å²) in [6.07, 6.45) is 1.65. The van der Waals surface area contributed by atoms with Crippen LogP contribution in [0, 0.1) is 18.3 Å². The molecule has 2 aromatic rings. The standard InChI is InChI=1S/C18H20N4/c1-15-4-2-3-5-17(15)14-21-8-10-22(11-9-21)18-7-6-16(12-19)13-20-18/h2-7,13H,8-11,14H2,1H3. The zero-order valence-electron chi connectivity index (χ0n) is 12.9. The fraction of sp³-hybridized carbons (Fsp3) is 0.333. The Morgan fingerprint density at radius 1 is 1.09 bits per heavy atom. The Balaban J connectivity index is 1.58. The van der Waals surface area contributed by atoms with E-state index in [1.807, 2.05) is 12.1 Å². The van der Waals surface area contributed by atoms with Crippen LogP contribution in [0.15, 0.2) is 42.6 Å². The Hall–Kier alpha value is -2.38. The lowest BCUT2D eigenvalue weighted by atomic mass is 10.1. The van der Waals surface area contributed by atoms with E-state index in [4.69, 9.17) is 5.26 Å². The highest BCUT2D eigenvalue weighted by Crippen LogP contribution is 2.16. The molecule has 1 aliphatic heterocycles. The molecule has 0 saturated carbocycles. The molecule has 0 atom stereocenters. The molecular weight excluding hydrogens is 272 g/mol. The third kappa shape index (κ3) is 3.26. The van der Waals surface area contributed by atoms with Crippen LogP contribution in [0.1, 0.15) is 16.7 Å². The molecule has 112 valence electrons. The molecule has 4 heteroatoms. The van der Waals surface area contributed by atoms with Crippen LogP contribution >= 0.6 is 0 Å². The zero-order valence-corrected chi connectivity index (χ0v) is 12.9. The fourth-order valence-corrected chi connectivity index (χ4v) is 2.80. The highest BCUT2D eigenvalue weighted by atomic mass is 15.3. The van der Waals surface area contributed by atoms with Crippen molar-refractivity contribution in [1.29, 1.82) is 5.26 Å². The molecule has 1 aromatic heterocycles. The van der Waals surface area contributed by atoms with Crippen LogP contribution in [0.4, 0.5) is 5.82 Å². The van der Waals surface area contributed by atoms with E-state index >= 15 is 0 Å². The quantitative estimate of drug-likeness (QED) is 0.872. The summed E-state index contributed by atoms with van der Waals surface area (Å²) in [6, 6.07) is 14.5. The van der Waals surface area contributed by atoms with E-state index in [1.165, 1.54) is 11.1 Å². The third-order valence-electron chi connectivity index (χ3n) is 4.23. The van der Waals surface area contributed by atoms with Crippen LogP contribution in [0.5, 0.6) is 0 Å². The molecule has 4 nitrogen and oxygen atoms in total. The first-order chi connectivity index (χ1) is 10.8. The Labute approximate surface area is 131 Å². The highest BCUT2D eigenvalue weighted by Gasteiger charge is 2.18. The van der Waals surface area contributed by atoms with Gasteiger partial charge in [-0.3, -0.25) is 4.90 Å². The maximum atomic E-state index is 8.83. The van der Waals surface area contributed by atoms with Gasteiger partial charge in [0, 0.05) is 38.9 Å². The van der Waals surface area contributed by atoms with Gasteiger partial charge in [-0.2, -0.15) is 5.26 Å². The number of rotatable bonds is 3. The molecule has 0 amide bonds. The molecule has 0 N–H and O–H groups in total. The van der Waals surface area contributed by atoms with Gasteiger partial charge in [0.25, 0.3) is 0 Å². The van der Waals surface area contributed by atoms with Gasteiger partial charge in [-0.05, 0) is 30.2 Å². The summed E-state index contributed by atoms with van der Waals surface area (Å²) in [4.78, 5) is 9.16. The van der Waals surface area contributed by atoms with Crippen molar-refractivity contribution in [2.24, 2.45) is 0 Å². The van der Waals surface area contributed by atoms with E-state index < -0.39 is 0 Å². The summed E-state index contributed by atoms with van der Waals surface area (Å²) in [6.45, 7) is 7.22. The second-order valence-electron chi connectivity index (χ2n) is 5.71. The highest BCUT2D eigenvalue weighted by molar-refractivity contribution is 5.42. The number of nitriles is 1. The number of aryl methyl sites for hydroxylation is 1. The van der Waals surface area contributed by atoms with E-state index in [2.05, 4.69) is 52.0 Å². The topological polar surface area (TPSA) is 43.2 Å². The first kappa shape index (κ1) is 14.6. The molecule has 0 radical (unpaired) electrons. The number of nitrogens with zero attached hydrogens (tertiary/aromatic N) is 4. The molecule has 0 spiro atoms. The van der Waals surface area contributed by atoms with Crippen LogP contribution in [0.2, 0.25) is 0 Å². The molecule has 1 aliphatic rings. The van der Waals surface area contributed by atoms with Gasteiger partial charge < -0.3 is 4.90 Å². The Kier molecular flexibility index (Phi) is 4.36. The van der Waals surface area contributed by atoms with Crippen molar-refractivity contribution in [3.05, 3.63) is 59.3 Å². The van der Waals surface area contributed by atoms with Gasteiger partial charge in [-0.25, -0.2) is 4.98 Å². The molecule has 0 aliphatic carbocycles. The van der Waals surface area contributed by atoms with Gasteiger partial charge in [-0.1, -0.05) is 24.3 Å². The van der Waals surface area contributed by atoms with Gasteiger partial charge in [0.05, 0.1) is 5.56 Å². The largest absolute Gasteiger partial charge is 0.354 e. The summed E-state index contributed by atoms with van der Waals surface area (Å²) in [7, 11) is 0. The first-order valence-electron chi connectivity index (χ1n) is 7.64. The summed E-state index contributed by atoms with van der Waals surface area (Å²) < 4.78 is 0. The second kappa shape index (κ2) is 6.59. The smallest absolute Gasteiger partial charge is 0.128 e. The van der Waals surface area contributed by atoms with E-state index in [1.54, 1.807) is 6.20 Å². The number of hydrogen-bond donors (Lipinski definition) is 0. The average Bonchev–Trinajstić information content (AvgIpc) is 2.58. The van der Waals surface area contributed by atoms with E-state index in [0.29, 0.717) is 5.56 Å². The van der Waals surface area contributed by atoms with Gasteiger partial charge >= 0.3 is 0 Å².